The Morgan fingerprint density at radius 3 is 2.34 bits per heavy atom. The van der Waals surface area contributed by atoms with E-state index in [1.807, 2.05) is 72.6 Å². The molecule has 178 valence electrons. The van der Waals surface area contributed by atoms with Gasteiger partial charge in [0.25, 0.3) is 5.91 Å². The Morgan fingerprint density at radius 2 is 1.63 bits per heavy atom. The van der Waals surface area contributed by atoms with E-state index in [0.717, 1.165) is 34.1 Å². The first-order valence-corrected chi connectivity index (χ1v) is 13.0. The van der Waals surface area contributed by atoms with E-state index < -0.39 is 0 Å². The number of aryl methyl sites for hydroxylation is 1. The summed E-state index contributed by atoms with van der Waals surface area (Å²) < 4.78 is 2.02. The SMILES string of the molecule is Cc1cc(/C=N\NC(=O)c2ccc(CSCc3ccccc3)cc2)c(C)n1-c1cc(Cl)ccc1Cl. The van der Waals surface area contributed by atoms with Crippen LogP contribution in [-0.4, -0.2) is 16.7 Å². The molecule has 0 aliphatic rings. The number of thioether (sulfide) groups is 1. The molecule has 0 radical (unpaired) electrons. The van der Waals surface area contributed by atoms with E-state index in [-0.39, 0.29) is 5.91 Å². The average molecular weight is 523 g/mol. The predicted molar refractivity (Wildman–Crippen MR) is 148 cm³/mol. The minimum Gasteiger partial charge on any atom is -0.316 e. The quantitative estimate of drug-likeness (QED) is 0.191. The molecule has 0 bridgehead atoms. The van der Waals surface area contributed by atoms with Crippen molar-refractivity contribution in [2.45, 2.75) is 25.4 Å². The van der Waals surface area contributed by atoms with Crippen molar-refractivity contribution in [1.29, 1.82) is 0 Å². The smallest absolute Gasteiger partial charge is 0.271 e. The van der Waals surface area contributed by atoms with Crippen LogP contribution in [0.4, 0.5) is 0 Å². The number of rotatable bonds is 8. The van der Waals surface area contributed by atoms with Gasteiger partial charge in [-0.1, -0.05) is 65.7 Å². The first-order valence-electron chi connectivity index (χ1n) is 11.1. The molecule has 0 saturated carbocycles. The summed E-state index contributed by atoms with van der Waals surface area (Å²) in [5.41, 5.74) is 9.29. The second-order valence-corrected chi connectivity index (χ2v) is 9.96. The second kappa shape index (κ2) is 11.6. The van der Waals surface area contributed by atoms with Crippen LogP contribution in [0.25, 0.3) is 5.69 Å². The van der Waals surface area contributed by atoms with Gasteiger partial charge >= 0.3 is 0 Å². The highest BCUT2D eigenvalue weighted by molar-refractivity contribution is 7.97. The molecule has 4 rings (SSSR count). The number of carbonyl (C=O) groups excluding carboxylic acids is 1. The molecule has 7 heteroatoms. The van der Waals surface area contributed by atoms with Crippen molar-refractivity contribution >= 4 is 47.1 Å². The topological polar surface area (TPSA) is 46.4 Å². The van der Waals surface area contributed by atoms with Crippen LogP contribution in [0.5, 0.6) is 0 Å². The second-order valence-electron chi connectivity index (χ2n) is 8.13. The zero-order chi connectivity index (χ0) is 24.8. The van der Waals surface area contributed by atoms with Gasteiger partial charge in [0.1, 0.15) is 0 Å². The monoisotopic (exact) mass is 521 g/mol. The Kier molecular flexibility index (Phi) is 8.34. The first kappa shape index (κ1) is 25.1. The minimum absolute atomic E-state index is 0.253. The zero-order valence-corrected chi connectivity index (χ0v) is 21.8. The fourth-order valence-corrected chi connectivity index (χ4v) is 5.11. The van der Waals surface area contributed by atoms with E-state index in [2.05, 4.69) is 34.8 Å². The summed E-state index contributed by atoms with van der Waals surface area (Å²) in [5, 5.41) is 5.39. The highest BCUT2D eigenvalue weighted by Crippen LogP contribution is 2.28. The molecule has 1 aromatic heterocycles. The lowest BCUT2D eigenvalue weighted by molar-refractivity contribution is 0.0955. The van der Waals surface area contributed by atoms with Crippen molar-refractivity contribution in [3.63, 3.8) is 0 Å². The van der Waals surface area contributed by atoms with Crippen LogP contribution < -0.4 is 5.43 Å². The molecule has 4 nitrogen and oxygen atoms in total. The molecule has 0 fully saturated rings. The number of nitrogens with one attached hydrogen (secondary N) is 1. The summed E-state index contributed by atoms with van der Waals surface area (Å²) in [6.07, 6.45) is 1.64. The van der Waals surface area contributed by atoms with Gasteiger partial charge < -0.3 is 4.57 Å². The van der Waals surface area contributed by atoms with E-state index in [1.54, 1.807) is 18.3 Å². The summed E-state index contributed by atoms with van der Waals surface area (Å²) in [5.74, 6) is 1.60. The summed E-state index contributed by atoms with van der Waals surface area (Å²) in [7, 11) is 0. The number of amides is 1. The Morgan fingerprint density at radius 1 is 0.943 bits per heavy atom. The number of carbonyl (C=O) groups is 1. The molecule has 0 spiro atoms. The van der Waals surface area contributed by atoms with Gasteiger partial charge in [-0.05, 0) is 61.4 Å². The largest absolute Gasteiger partial charge is 0.316 e. The summed E-state index contributed by atoms with van der Waals surface area (Å²) in [6, 6.07) is 25.4. The van der Waals surface area contributed by atoms with Crippen molar-refractivity contribution in [3.8, 4) is 5.69 Å². The van der Waals surface area contributed by atoms with Crippen molar-refractivity contribution < 1.29 is 4.79 Å². The molecule has 0 aliphatic heterocycles. The third-order valence-corrected chi connectivity index (χ3v) is 7.22. The Hall–Kier alpha value is -2.99. The summed E-state index contributed by atoms with van der Waals surface area (Å²) >= 11 is 14.4. The molecule has 1 N–H and O–H groups in total. The Bertz CT molecular complexity index is 1350. The highest BCUT2D eigenvalue weighted by atomic mass is 35.5. The van der Waals surface area contributed by atoms with E-state index in [4.69, 9.17) is 23.2 Å². The minimum atomic E-state index is -0.253. The van der Waals surface area contributed by atoms with Crippen molar-refractivity contribution in [2.24, 2.45) is 5.10 Å². The number of hydrogen-bond acceptors (Lipinski definition) is 3. The molecule has 0 atom stereocenters. The maximum absolute atomic E-state index is 12.5. The third-order valence-electron chi connectivity index (χ3n) is 5.59. The first-order chi connectivity index (χ1) is 16.9. The zero-order valence-electron chi connectivity index (χ0n) is 19.5. The lowest BCUT2D eigenvalue weighted by atomic mass is 10.1. The molecule has 1 amide bonds. The van der Waals surface area contributed by atoms with Gasteiger partial charge in [0.15, 0.2) is 0 Å². The maximum atomic E-state index is 12.5. The average Bonchev–Trinajstić information content (AvgIpc) is 3.14. The molecule has 35 heavy (non-hydrogen) atoms. The summed E-state index contributed by atoms with van der Waals surface area (Å²) in [4.78, 5) is 12.5. The van der Waals surface area contributed by atoms with Crippen LogP contribution in [0.15, 0.2) is 84.0 Å². The van der Waals surface area contributed by atoms with Crippen LogP contribution in [0, 0.1) is 13.8 Å². The normalized spacial score (nSPS) is 11.2. The number of benzene rings is 3. The standard InChI is InChI=1S/C28H25Cl2N3OS/c1-19-14-24(20(2)33(19)27-15-25(29)12-13-26(27)30)16-31-32-28(34)23-10-8-22(9-11-23)18-35-17-21-6-4-3-5-7-21/h3-16H,17-18H2,1-2H3,(H,32,34)/b31-16-. The molecule has 1 heterocycles. The Labute approximate surface area is 220 Å². The lowest BCUT2D eigenvalue weighted by Crippen LogP contribution is -2.17. The van der Waals surface area contributed by atoms with Gasteiger partial charge in [0, 0.05) is 39.0 Å². The van der Waals surface area contributed by atoms with Gasteiger partial charge in [-0.15, -0.1) is 0 Å². The van der Waals surface area contributed by atoms with E-state index in [9.17, 15) is 4.79 Å². The Balaban J connectivity index is 1.36. The van der Waals surface area contributed by atoms with E-state index >= 15 is 0 Å². The molecule has 0 saturated heterocycles. The highest BCUT2D eigenvalue weighted by Gasteiger charge is 2.13. The molecule has 4 aromatic rings. The van der Waals surface area contributed by atoms with Crippen LogP contribution in [-0.2, 0) is 11.5 Å². The number of aromatic nitrogens is 1. The number of hydrazone groups is 1. The van der Waals surface area contributed by atoms with Gasteiger partial charge in [-0.2, -0.15) is 16.9 Å². The van der Waals surface area contributed by atoms with Crippen LogP contribution in [0.3, 0.4) is 0 Å². The van der Waals surface area contributed by atoms with Gasteiger partial charge in [0.2, 0.25) is 0 Å². The fraction of sp³-hybridized carbons (Fsp3) is 0.143. The van der Waals surface area contributed by atoms with Gasteiger partial charge in [-0.25, -0.2) is 5.43 Å². The van der Waals surface area contributed by atoms with E-state index in [1.165, 1.54) is 11.1 Å². The fourth-order valence-electron chi connectivity index (χ4n) is 3.78. The van der Waals surface area contributed by atoms with E-state index in [0.29, 0.717) is 15.6 Å². The number of nitrogens with zero attached hydrogens (tertiary/aromatic N) is 2. The molecular weight excluding hydrogens is 497 g/mol. The van der Waals surface area contributed by atoms with Crippen LogP contribution >= 0.6 is 35.0 Å². The third kappa shape index (κ3) is 6.37. The van der Waals surface area contributed by atoms with Crippen LogP contribution in [0.1, 0.15) is 38.4 Å². The van der Waals surface area contributed by atoms with Gasteiger partial charge in [0.05, 0.1) is 16.9 Å². The van der Waals surface area contributed by atoms with Crippen molar-refractivity contribution in [3.05, 3.63) is 123 Å². The molecule has 0 unspecified atom stereocenters. The van der Waals surface area contributed by atoms with Crippen LogP contribution in [0.2, 0.25) is 10.0 Å². The van der Waals surface area contributed by atoms with Crippen molar-refractivity contribution in [1.82, 2.24) is 9.99 Å². The number of hydrogen-bond donors (Lipinski definition) is 1. The number of halogens is 2. The van der Waals surface area contributed by atoms with Gasteiger partial charge in [-0.3, -0.25) is 4.79 Å². The molecule has 0 aliphatic carbocycles. The van der Waals surface area contributed by atoms with Crippen molar-refractivity contribution in [2.75, 3.05) is 0 Å². The lowest BCUT2D eigenvalue weighted by Gasteiger charge is -2.12. The maximum Gasteiger partial charge on any atom is 0.271 e. The summed E-state index contributed by atoms with van der Waals surface area (Å²) in [6.45, 7) is 3.96. The predicted octanol–water partition coefficient (Wildman–Crippen LogP) is 7.60. The molecular formula is C28H25Cl2N3OS. The molecule has 3 aromatic carbocycles.